The van der Waals surface area contributed by atoms with E-state index < -0.39 is 31.8 Å². The fourth-order valence-electron chi connectivity index (χ4n) is 2.69. The zero-order valence-corrected chi connectivity index (χ0v) is 18.5. The van der Waals surface area contributed by atoms with E-state index in [4.69, 9.17) is 11.6 Å². The van der Waals surface area contributed by atoms with Crippen molar-refractivity contribution < 1.29 is 30.0 Å². The maximum absolute atomic E-state index is 12.8. The van der Waals surface area contributed by atoms with Crippen LogP contribution < -0.4 is 9.44 Å². The maximum atomic E-state index is 12.8. The third kappa shape index (κ3) is 6.38. The van der Waals surface area contributed by atoms with Crippen LogP contribution in [0.3, 0.4) is 0 Å². The predicted molar refractivity (Wildman–Crippen MR) is 116 cm³/mol. The van der Waals surface area contributed by atoms with Gasteiger partial charge in [-0.2, -0.15) is 13.2 Å². The maximum Gasteiger partial charge on any atom is 0.416 e. The van der Waals surface area contributed by atoms with Gasteiger partial charge < -0.3 is 0 Å². The number of hydrogen-bond acceptors (Lipinski definition) is 4. The van der Waals surface area contributed by atoms with Crippen molar-refractivity contribution in [3.05, 3.63) is 88.9 Å². The van der Waals surface area contributed by atoms with Gasteiger partial charge in [-0.05, 0) is 60.2 Å². The highest BCUT2D eigenvalue weighted by Gasteiger charge is 2.30. The number of anilines is 2. The summed E-state index contributed by atoms with van der Waals surface area (Å²) in [6.07, 6.45) is -4.62. The Balaban J connectivity index is 1.72. The molecule has 2 N–H and O–H groups in total. The van der Waals surface area contributed by atoms with E-state index in [0.717, 1.165) is 24.3 Å². The number of halogens is 4. The average molecular weight is 505 g/mol. The summed E-state index contributed by atoms with van der Waals surface area (Å²) in [6, 6.07) is 14.8. The Morgan fingerprint density at radius 2 is 1.41 bits per heavy atom. The number of sulfonamides is 2. The number of rotatable bonds is 7. The first-order valence-corrected chi connectivity index (χ1v) is 12.4. The molecule has 0 radical (unpaired) electrons. The van der Waals surface area contributed by atoms with E-state index in [9.17, 15) is 30.0 Å². The molecule has 3 rings (SSSR count). The molecule has 170 valence electrons. The summed E-state index contributed by atoms with van der Waals surface area (Å²) >= 11 is 5.77. The molecular weight excluding hydrogens is 489 g/mol. The quantitative estimate of drug-likeness (QED) is 0.468. The van der Waals surface area contributed by atoms with Gasteiger partial charge in [0.05, 0.1) is 16.2 Å². The van der Waals surface area contributed by atoms with Crippen LogP contribution >= 0.6 is 11.6 Å². The summed E-state index contributed by atoms with van der Waals surface area (Å²) in [5.41, 5.74) is -0.626. The van der Waals surface area contributed by atoms with Gasteiger partial charge in [-0.25, -0.2) is 16.8 Å². The summed E-state index contributed by atoms with van der Waals surface area (Å²) in [4.78, 5) is -0.254. The number of hydrogen-bond donors (Lipinski definition) is 2. The zero-order valence-electron chi connectivity index (χ0n) is 16.1. The van der Waals surface area contributed by atoms with Crippen molar-refractivity contribution >= 4 is 43.0 Å². The van der Waals surface area contributed by atoms with E-state index in [1.807, 2.05) is 0 Å². The van der Waals surface area contributed by atoms with Crippen molar-refractivity contribution in [2.75, 3.05) is 9.44 Å². The van der Waals surface area contributed by atoms with Crippen molar-refractivity contribution in [1.29, 1.82) is 0 Å². The first-order chi connectivity index (χ1) is 14.8. The Morgan fingerprint density at radius 3 is 2.00 bits per heavy atom. The fraction of sp³-hybridized carbons (Fsp3) is 0.100. The van der Waals surface area contributed by atoms with Crippen LogP contribution in [0.5, 0.6) is 0 Å². The topological polar surface area (TPSA) is 92.3 Å². The van der Waals surface area contributed by atoms with E-state index >= 15 is 0 Å². The third-order valence-electron chi connectivity index (χ3n) is 4.15. The lowest BCUT2D eigenvalue weighted by Gasteiger charge is -2.12. The summed E-state index contributed by atoms with van der Waals surface area (Å²) in [7, 11) is -7.98. The van der Waals surface area contributed by atoms with Crippen LogP contribution in [0.1, 0.15) is 11.1 Å². The second kappa shape index (κ2) is 9.00. The summed E-state index contributed by atoms with van der Waals surface area (Å²) in [6.45, 7) is 0. The van der Waals surface area contributed by atoms with Gasteiger partial charge >= 0.3 is 6.18 Å². The van der Waals surface area contributed by atoms with Gasteiger partial charge in [0.1, 0.15) is 0 Å². The molecule has 0 atom stereocenters. The molecule has 0 saturated heterocycles. The molecule has 12 heteroatoms. The van der Waals surface area contributed by atoms with Crippen molar-refractivity contribution in [3.8, 4) is 0 Å². The molecule has 3 aromatic carbocycles. The van der Waals surface area contributed by atoms with Crippen molar-refractivity contribution in [3.63, 3.8) is 0 Å². The minimum Gasteiger partial charge on any atom is -0.283 e. The Kier molecular flexibility index (Phi) is 6.72. The van der Waals surface area contributed by atoms with E-state index in [0.29, 0.717) is 16.7 Å². The smallest absolute Gasteiger partial charge is 0.283 e. The Morgan fingerprint density at radius 1 is 0.781 bits per heavy atom. The second-order valence-corrected chi connectivity index (χ2v) is 10.5. The third-order valence-corrected chi connectivity index (χ3v) is 7.06. The van der Waals surface area contributed by atoms with Gasteiger partial charge in [0.25, 0.3) is 10.0 Å². The molecule has 0 bridgehead atoms. The lowest BCUT2D eigenvalue weighted by molar-refractivity contribution is -0.137. The van der Waals surface area contributed by atoms with Crippen LogP contribution in [0.2, 0.25) is 5.02 Å². The molecule has 0 fully saturated rings. The van der Waals surface area contributed by atoms with Crippen molar-refractivity contribution in [2.24, 2.45) is 0 Å². The van der Waals surface area contributed by atoms with Crippen LogP contribution in [0.15, 0.2) is 77.7 Å². The van der Waals surface area contributed by atoms with Gasteiger partial charge in [0.2, 0.25) is 10.0 Å². The molecular formula is C20H16ClF3N2O4S2. The standard InChI is InChI=1S/C20H16ClF3N2O4S2/c21-16-6-4-14(5-7-16)13-31(27,28)25-17-8-10-19(11-9-17)32(29,30)26-18-3-1-2-15(12-18)20(22,23)24/h1-12,25-26H,13H2. The van der Waals surface area contributed by atoms with Gasteiger partial charge in [-0.15, -0.1) is 0 Å². The molecule has 0 unspecified atom stereocenters. The molecule has 0 heterocycles. The minimum absolute atomic E-state index is 0.122. The van der Waals surface area contributed by atoms with Gasteiger partial charge in [0.15, 0.2) is 0 Å². The van der Waals surface area contributed by atoms with E-state index in [1.54, 1.807) is 24.3 Å². The summed E-state index contributed by atoms with van der Waals surface area (Å²) in [5.74, 6) is -0.318. The Labute approximate surface area is 188 Å². The molecule has 0 aromatic heterocycles. The molecule has 3 aromatic rings. The van der Waals surface area contributed by atoms with E-state index in [2.05, 4.69) is 9.44 Å². The highest BCUT2D eigenvalue weighted by Crippen LogP contribution is 2.31. The van der Waals surface area contributed by atoms with E-state index in [1.165, 1.54) is 18.2 Å². The number of nitrogens with one attached hydrogen (secondary N) is 2. The first-order valence-electron chi connectivity index (χ1n) is 8.89. The molecule has 32 heavy (non-hydrogen) atoms. The molecule has 6 nitrogen and oxygen atoms in total. The monoisotopic (exact) mass is 504 g/mol. The Bertz CT molecular complexity index is 1310. The van der Waals surface area contributed by atoms with Crippen LogP contribution in [-0.2, 0) is 32.0 Å². The normalized spacial score (nSPS) is 12.4. The van der Waals surface area contributed by atoms with Crippen LogP contribution in [0.25, 0.3) is 0 Å². The highest BCUT2D eigenvalue weighted by molar-refractivity contribution is 7.92. The molecule has 0 aliphatic carbocycles. The predicted octanol–water partition coefficient (Wildman–Crippen LogP) is 5.10. The highest BCUT2D eigenvalue weighted by atomic mass is 35.5. The second-order valence-electron chi connectivity index (χ2n) is 6.70. The van der Waals surface area contributed by atoms with Crippen LogP contribution in [-0.4, -0.2) is 16.8 Å². The first kappa shape index (κ1) is 23.9. The largest absolute Gasteiger partial charge is 0.416 e. The number of benzene rings is 3. The summed E-state index contributed by atoms with van der Waals surface area (Å²) in [5, 5.41) is 0.467. The van der Waals surface area contributed by atoms with Crippen LogP contribution in [0.4, 0.5) is 24.5 Å². The zero-order chi connectivity index (χ0) is 23.6. The number of alkyl halides is 3. The van der Waals surface area contributed by atoms with Gasteiger partial charge in [-0.1, -0.05) is 29.8 Å². The van der Waals surface area contributed by atoms with E-state index in [-0.39, 0.29) is 22.0 Å². The fourth-order valence-corrected chi connectivity index (χ4v) is 5.07. The Hall–Kier alpha value is -2.76. The lowest BCUT2D eigenvalue weighted by Crippen LogP contribution is -2.16. The molecule has 0 aliphatic rings. The van der Waals surface area contributed by atoms with Crippen molar-refractivity contribution in [2.45, 2.75) is 16.8 Å². The van der Waals surface area contributed by atoms with Gasteiger partial charge in [-0.3, -0.25) is 9.44 Å². The summed E-state index contributed by atoms with van der Waals surface area (Å²) < 4.78 is 92.5. The lowest BCUT2D eigenvalue weighted by atomic mass is 10.2. The molecule has 0 aliphatic heterocycles. The molecule has 0 amide bonds. The SMILES string of the molecule is O=S(=O)(Cc1ccc(Cl)cc1)Nc1ccc(S(=O)(=O)Nc2cccc(C(F)(F)F)c2)cc1. The average Bonchev–Trinajstić information content (AvgIpc) is 2.69. The van der Waals surface area contributed by atoms with Crippen LogP contribution in [0, 0.1) is 0 Å². The van der Waals surface area contributed by atoms with Gasteiger partial charge in [0, 0.05) is 16.4 Å². The molecule has 0 saturated carbocycles. The van der Waals surface area contributed by atoms with Crippen molar-refractivity contribution in [1.82, 2.24) is 0 Å². The molecule has 0 spiro atoms. The minimum atomic E-state index is -4.62.